The molecule has 5 rings (SSSR count). The van der Waals surface area contributed by atoms with Gasteiger partial charge in [0.25, 0.3) is 0 Å². The van der Waals surface area contributed by atoms with E-state index in [-0.39, 0.29) is 34.6 Å². The standard InChI is InChI=1S/C29H40N2O2/c1-18-17-21-22-11-12-24(27(33)30-19(2)20-9-7-6-8-10-20)28(22,3)15-13-23(21)29(4)16-14-25(32)31(5)26(18)29/h6-10,19,21-24H,11-17H2,1-5H3,(H,30,33)/t19-,21+,22+,23+,24-,28+,29-/m1/s1. The lowest BCUT2D eigenvalue weighted by atomic mass is 9.48. The SMILES string of the molecule is CC1=C2N(C)C(=O)CC[C@]2(C)[C@H]2CC[C@]3(C)[C@@H](C(=O)N[C@H](C)c4ccccc4)CC[C@H]3[C@@H]2C1. The second-order valence-electron chi connectivity index (χ2n) is 11.9. The van der Waals surface area contributed by atoms with E-state index < -0.39 is 0 Å². The zero-order chi connectivity index (χ0) is 23.5. The fourth-order valence-corrected chi connectivity index (χ4v) is 8.68. The van der Waals surface area contributed by atoms with Crippen LogP contribution in [-0.4, -0.2) is 23.8 Å². The number of rotatable bonds is 3. The fourth-order valence-electron chi connectivity index (χ4n) is 8.68. The molecular formula is C29H40N2O2. The molecule has 1 N–H and O–H groups in total. The van der Waals surface area contributed by atoms with Gasteiger partial charge in [-0.05, 0) is 81.1 Å². The van der Waals surface area contributed by atoms with Crippen LogP contribution in [-0.2, 0) is 9.59 Å². The lowest BCUT2D eigenvalue weighted by Crippen LogP contribution is -2.55. The van der Waals surface area contributed by atoms with E-state index in [1.54, 1.807) is 0 Å². The Kier molecular flexibility index (Phi) is 5.49. The van der Waals surface area contributed by atoms with Crippen molar-refractivity contribution in [2.45, 2.75) is 78.7 Å². The first-order chi connectivity index (χ1) is 15.7. The van der Waals surface area contributed by atoms with Crippen LogP contribution in [0.5, 0.6) is 0 Å². The molecule has 3 fully saturated rings. The van der Waals surface area contributed by atoms with Crippen LogP contribution in [0.3, 0.4) is 0 Å². The molecule has 0 radical (unpaired) electrons. The van der Waals surface area contributed by atoms with E-state index in [0.717, 1.165) is 32.1 Å². The van der Waals surface area contributed by atoms with Gasteiger partial charge in [0.1, 0.15) is 0 Å². The van der Waals surface area contributed by atoms with E-state index >= 15 is 0 Å². The summed E-state index contributed by atoms with van der Waals surface area (Å²) in [6.45, 7) is 9.18. The van der Waals surface area contributed by atoms with E-state index in [2.05, 4.69) is 45.1 Å². The Balaban J connectivity index is 1.38. The van der Waals surface area contributed by atoms with Crippen molar-refractivity contribution in [3.63, 3.8) is 0 Å². The third-order valence-corrected chi connectivity index (χ3v) is 10.3. The molecule has 0 bridgehead atoms. The Morgan fingerprint density at radius 3 is 2.55 bits per heavy atom. The van der Waals surface area contributed by atoms with Crippen LogP contribution >= 0.6 is 0 Å². The van der Waals surface area contributed by atoms with Gasteiger partial charge in [0, 0.05) is 30.5 Å². The highest BCUT2D eigenvalue weighted by molar-refractivity contribution is 5.81. The van der Waals surface area contributed by atoms with Crippen LogP contribution in [0.2, 0.25) is 0 Å². The minimum Gasteiger partial charge on any atom is -0.349 e. The second-order valence-corrected chi connectivity index (χ2v) is 11.9. The van der Waals surface area contributed by atoms with Gasteiger partial charge in [0.2, 0.25) is 11.8 Å². The van der Waals surface area contributed by atoms with Gasteiger partial charge in [-0.3, -0.25) is 9.59 Å². The topological polar surface area (TPSA) is 49.4 Å². The average molecular weight is 449 g/mol. The number of allylic oxidation sites excluding steroid dienone is 2. The van der Waals surface area contributed by atoms with E-state index in [0.29, 0.717) is 24.2 Å². The molecule has 4 nitrogen and oxygen atoms in total. The molecule has 178 valence electrons. The maximum Gasteiger partial charge on any atom is 0.226 e. The monoisotopic (exact) mass is 448 g/mol. The summed E-state index contributed by atoms with van der Waals surface area (Å²) in [5.41, 5.74) is 4.06. The van der Waals surface area contributed by atoms with Gasteiger partial charge < -0.3 is 10.2 Å². The van der Waals surface area contributed by atoms with Crippen LogP contribution < -0.4 is 5.32 Å². The minimum atomic E-state index is 0.0364. The first kappa shape index (κ1) is 22.7. The minimum absolute atomic E-state index is 0.0364. The summed E-state index contributed by atoms with van der Waals surface area (Å²) in [5, 5.41) is 3.35. The van der Waals surface area contributed by atoms with Crippen molar-refractivity contribution in [3.05, 3.63) is 47.2 Å². The molecule has 2 amide bonds. The number of amides is 2. The molecule has 1 saturated heterocycles. The van der Waals surface area contributed by atoms with E-state index in [1.165, 1.54) is 23.3 Å². The van der Waals surface area contributed by atoms with Crippen molar-refractivity contribution in [1.29, 1.82) is 0 Å². The summed E-state index contributed by atoms with van der Waals surface area (Å²) < 4.78 is 0. The number of piperidine rings is 1. The summed E-state index contributed by atoms with van der Waals surface area (Å²) in [6, 6.07) is 10.3. The van der Waals surface area contributed by atoms with Gasteiger partial charge in [-0.25, -0.2) is 0 Å². The van der Waals surface area contributed by atoms with Crippen molar-refractivity contribution in [2.24, 2.45) is 34.5 Å². The van der Waals surface area contributed by atoms with Gasteiger partial charge >= 0.3 is 0 Å². The Morgan fingerprint density at radius 2 is 1.82 bits per heavy atom. The van der Waals surface area contributed by atoms with Gasteiger partial charge in [-0.15, -0.1) is 0 Å². The summed E-state index contributed by atoms with van der Waals surface area (Å²) >= 11 is 0. The predicted molar refractivity (Wildman–Crippen MR) is 131 cm³/mol. The van der Waals surface area contributed by atoms with Crippen LogP contribution in [0.1, 0.15) is 84.2 Å². The third kappa shape index (κ3) is 3.39. The number of hydrogen-bond acceptors (Lipinski definition) is 2. The van der Waals surface area contributed by atoms with Crippen molar-refractivity contribution in [1.82, 2.24) is 10.2 Å². The highest BCUT2D eigenvalue weighted by Crippen LogP contribution is 2.66. The Bertz CT molecular complexity index is 985. The smallest absolute Gasteiger partial charge is 0.226 e. The number of carbonyl (C=O) groups is 2. The zero-order valence-electron chi connectivity index (χ0n) is 21.0. The quantitative estimate of drug-likeness (QED) is 0.630. The van der Waals surface area contributed by atoms with Crippen LogP contribution in [0.4, 0.5) is 0 Å². The van der Waals surface area contributed by atoms with Gasteiger partial charge in [-0.2, -0.15) is 0 Å². The molecule has 0 aromatic heterocycles. The number of hydrogen-bond donors (Lipinski definition) is 1. The molecule has 4 heteroatoms. The highest BCUT2D eigenvalue weighted by Gasteiger charge is 2.61. The molecule has 1 aromatic carbocycles. The Hall–Kier alpha value is -2.10. The summed E-state index contributed by atoms with van der Waals surface area (Å²) in [6.07, 6.45) is 7.18. The van der Waals surface area contributed by atoms with Crippen molar-refractivity contribution in [3.8, 4) is 0 Å². The molecule has 33 heavy (non-hydrogen) atoms. The number of fused-ring (bicyclic) bond motifs is 5. The molecule has 3 aliphatic carbocycles. The maximum absolute atomic E-state index is 13.5. The van der Waals surface area contributed by atoms with Crippen LogP contribution in [0.25, 0.3) is 0 Å². The first-order valence-corrected chi connectivity index (χ1v) is 13.0. The molecule has 4 aliphatic rings. The van der Waals surface area contributed by atoms with E-state index in [9.17, 15) is 9.59 Å². The molecule has 0 unspecified atom stereocenters. The zero-order valence-corrected chi connectivity index (χ0v) is 21.0. The van der Waals surface area contributed by atoms with Gasteiger partial charge in [0.15, 0.2) is 0 Å². The normalized spacial score (nSPS) is 38.9. The fraction of sp³-hybridized carbons (Fsp3) is 0.655. The van der Waals surface area contributed by atoms with Crippen molar-refractivity contribution < 1.29 is 9.59 Å². The number of carbonyl (C=O) groups excluding carboxylic acids is 2. The molecule has 7 atom stereocenters. The third-order valence-electron chi connectivity index (χ3n) is 10.3. The van der Waals surface area contributed by atoms with Gasteiger partial charge in [0.05, 0.1) is 6.04 Å². The second kappa shape index (κ2) is 7.99. The molecule has 1 aromatic rings. The first-order valence-electron chi connectivity index (χ1n) is 13.0. The van der Waals surface area contributed by atoms with Crippen molar-refractivity contribution >= 4 is 11.8 Å². The largest absolute Gasteiger partial charge is 0.349 e. The highest BCUT2D eigenvalue weighted by atomic mass is 16.2. The molecule has 1 heterocycles. The van der Waals surface area contributed by atoms with Gasteiger partial charge in [-0.1, -0.05) is 49.8 Å². The lowest BCUT2D eigenvalue weighted by Gasteiger charge is -2.59. The number of nitrogens with zero attached hydrogens (tertiary/aromatic N) is 1. The van der Waals surface area contributed by atoms with Crippen molar-refractivity contribution in [2.75, 3.05) is 7.05 Å². The van der Waals surface area contributed by atoms with Crippen LogP contribution in [0, 0.1) is 34.5 Å². The average Bonchev–Trinajstić information content (AvgIpc) is 3.14. The summed E-state index contributed by atoms with van der Waals surface area (Å²) in [7, 11) is 1.98. The molecular weight excluding hydrogens is 408 g/mol. The van der Waals surface area contributed by atoms with Crippen LogP contribution in [0.15, 0.2) is 41.6 Å². The van der Waals surface area contributed by atoms with E-state index in [4.69, 9.17) is 0 Å². The van der Waals surface area contributed by atoms with E-state index in [1.807, 2.05) is 30.1 Å². The number of benzene rings is 1. The lowest BCUT2D eigenvalue weighted by molar-refractivity contribution is -0.139. The number of likely N-dealkylation sites (tertiary alicyclic amines) is 1. The molecule has 2 saturated carbocycles. The Morgan fingerprint density at radius 1 is 1.09 bits per heavy atom. The molecule has 1 aliphatic heterocycles. The molecule has 0 spiro atoms. The predicted octanol–water partition coefficient (Wildman–Crippen LogP) is 5.86. The summed E-state index contributed by atoms with van der Waals surface area (Å²) in [4.78, 5) is 28.0. The Labute approximate surface area is 199 Å². The maximum atomic E-state index is 13.5. The summed E-state index contributed by atoms with van der Waals surface area (Å²) in [5.74, 6) is 2.45. The number of nitrogens with one attached hydrogen (secondary N) is 1.